The Morgan fingerprint density at radius 2 is 2.10 bits per heavy atom. The summed E-state index contributed by atoms with van der Waals surface area (Å²) in [5.41, 5.74) is 1.30. The summed E-state index contributed by atoms with van der Waals surface area (Å²) in [4.78, 5) is 6.46. The predicted octanol–water partition coefficient (Wildman–Crippen LogP) is 3.48. The van der Waals surface area contributed by atoms with Crippen LogP contribution >= 0.6 is 0 Å². The van der Waals surface area contributed by atoms with Crippen LogP contribution in [-0.2, 0) is 12.7 Å². The van der Waals surface area contributed by atoms with E-state index in [9.17, 15) is 13.2 Å². The van der Waals surface area contributed by atoms with E-state index in [2.05, 4.69) is 19.6 Å². The Balaban J connectivity index is 1.65. The summed E-state index contributed by atoms with van der Waals surface area (Å²) in [6, 6.07) is 4.13. The van der Waals surface area contributed by atoms with Crippen LogP contribution in [0, 0.1) is 0 Å². The third kappa shape index (κ3) is 1.87. The van der Waals surface area contributed by atoms with Crippen LogP contribution in [0.2, 0.25) is 0 Å². The lowest BCUT2D eigenvalue weighted by Gasteiger charge is -2.21. The zero-order chi connectivity index (χ0) is 14.6. The molecule has 110 valence electrons. The Morgan fingerprint density at radius 1 is 1.29 bits per heavy atom. The van der Waals surface area contributed by atoms with Crippen LogP contribution in [0.15, 0.2) is 29.1 Å². The third-order valence-corrected chi connectivity index (χ3v) is 4.32. The summed E-state index contributed by atoms with van der Waals surface area (Å²) in [6.45, 7) is 0.185. The molecule has 0 saturated carbocycles. The van der Waals surface area contributed by atoms with Crippen molar-refractivity contribution in [3.8, 4) is 0 Å². The lowest BCUT2D eigenvalue weighted by molar-refractivity contribution is -0.143. The summed E-state index contributed by atoms with van der Waals surface area (Å²) < 4.78 is 43.2. The van der Waals surface area contributed by atoms with Crippen LogP contribution in [0.3, 0.4) is 0 Å². The van der Waals surface area contributed by atoms with Gasteiger partial charge < -0.3 is 4.52 Å². The molecular weight excluding hydrogens is 283 g/mol. The molecule has 2 aliphatic heterocycles. The minimum atomic E-state index is -4.48. The molecule has 4 rings (SSSR count). The minimum absolute atomic E-state index is 0.0900. The van der Waals surface area contributed by atoms with E-state index in [1.54, 1.807) is 6.20 Å². The van der Waals surface area contributed by atoms with Gasteiger partial charge in [-0.1, -0.05) is 11.2 Å². The Hall–Kier alpha value is -1.89. The van der Waals surface area contributed by atoms with Crippen molar-refractivity contribution >= 4 is 0 Å². The molecule has 21 heavy (non-hydrogen) atoms. The van der Waals surface area contributed by atoms with Crippen molar-refractivity contribution in [2.24, 2.45) is 0 Å². The maximum Gasteiger partial charge on any atom is 0.437 e. The Labute approximate surface area is 118 Å². The van der Waals surface area contributed by atoms with Gasteiger partial charge in [0.25, 0.3) is 0 Å². The number of pyridine rings is 1. The van der Waals surface area contributed by atoms with Gasteiger partial charge in [-0.2, -0.15) is 13.2 Å². The van der Waals surface area contributed by atoms with Gasteiger partial charge in [0, 0.05) is 24.3 Å². The van der Waals surface area contributed by atoms with Gasteiger partial charge in [0.15, 0.2) is 5.69 Å². The number of halogens is 3. The summed E-state index contributed by atoms with van der Waals surface area (Å²) in [7, 11) is 0. The van der Waals surface area contributed by atoms with Crippen molar-refractivity contribution in [3.05, 3.63) is 47.1 Å². The van der Waals surface area contributed by atoms with E-state index >= 15 is 0 Å². The standard InChI is InChI=1S/C14H12F3N3O/c15-14(16,17)13-8(7-21-19-13)6-20-10-3-4-11(20)12-9(10)2-1-5-18-12/h1-2,5,7,10-11H,3-4,6H2. The monoisotopic (exact) mass is 295 g/mol. The molecule has 2 aromatic rings. The van der Waals surface area contributed by atoms with Crippen molar-refractivity contribution < 1.29 is 17.7 Å². The maximum atomic E-state index is 12.9. The van der Waals surface area contributed by atoms with Crippen molar-refractivity contribution in [2.45, 2.75) is 37.6 Å². The summed E-state index contributed by atoms with van der Waals surface area (Å²) in [5, 5.41) is 3.11. The van der Waals surface area contributed by atoms with Crippen LogP contribution in [0.25, 0.3) is 0 Å². The highest BCUT2D eigenvalue weighted by Crippen LogP contribution is 2.52. The largest absolute Gasteiger partial charge is 0.437 e. The zero-order valence-corrected chi connectivity index (χ0v) is 11.0. The van der Waals surface area contributed by atoms with Crippen LogP contribution in [0.1, 0.15) is 47.4 Å². The molecule has 0 aliphatic carbocycles. The van der Waals surface area contributed by atoms with Gasteiger partial charge >= 0.3 is 6.18 Å². The highest BCUT2D eigenvalue weighted by Gasteiger charge is 2.46. The van der Waals surface area contributed by atoms with Gasteiger partial charge in [0.2, 0.25) is 0 Å². The summed E-state index contributed by atoms with van der Waals surface area (Å²) >= 11 is 0. The molecule has 2 unspecified atom stereocenters. The molecule has 0 amide bonds. The molecular formula is C14H12F3N3O. The molecule has 7 heteroatoms. The Kier molecular flexibility index (Phi) is 2.63. The molecule has 2 aromatic heterocycles. The number of fused-ring (bicyclic) bond motifs is 5. The molecule has 0 spiro atoms. The second-order valence-corrected chi connectivity index (χ2v) is 5.45. The first-order valence-electron chi connectivity index (χ1n) is 6.76. The quantitative estimate of drug-likeness (QED) is 0.850. The summed E-state index contributed by atoms with van der Waals surface area (Å²) in [6.07, 6.45) is 0.237. The molecule has 0 radical (unpaired) electrons. The maximum absolute atomic E-state index is 12.9. The van der Waals surface area contributed by atoms with Gasteiger partial charge in [-0.05, 0) is 24.5 Å². The average molecular weight is 295 g/mol. The number of hydrogen-bond donors (Lipinski definition) is 0. The first kappa shape index (κ1) is 12.8. The first-order chi connectivity index (χ1) is 10.1. The smallest absolute Gasteiger partial charge is 0.364 e. The number of alkyl halides is 3. The minimum Gasteiger partial charge on any atom is -0.364 e. The van der Waals surface area contributed by atoms with E-state index in [4.69, 9.17) is 0 Å². The van der Waals surface area contributed by atoms with E-state index in [0.29, 0.717) is 0 Å². The van der Waals surface area contributed by atoms with E-state index in [-0.39, 0.29) is 24.2 Å². The fourth-order valence-corrected chi connectivity index (χ4v) is 3.50. The van der Waals surface area contributed by atoms with Gasteiger partial charge in [-0.3, -0.25) is 9.88 Å². The van der Waals surface area contributed by atoms with Crippen molar-refractivity contribution in [3.63, 3.8) is 0 Å². The number of rotatable bonds is 2. The Morgan fingerprint density at radius 3 is 2.86 bits per heavy atom. The molecule has 1 fully saturated rings. The number of hydrogen-bond acceptors (Lipinski definition) is 4. The van der Waals surface area contributed by atoms with Crippen LogP contribution in [0.5, 0.6) is 0 Å². The fourth-order valence-electron chi connectivity index (χ4n) is 3.50. The van der Waals surface area contributed by atoms with Crippen molar-refractivity contribution in [1.82, 2.24) is 15.0 Å². The molecule has 0 N–H and O–H groups in total. The van der Waals surface area contributed by atoms with Crippen LogP contribution < -0.4 is 0 Å². The molecule has 4 heterocycles. The zero-order valence-electron chi connectivity index (χ0n) is 11.0. The predicted molar refractivity (Wildman–Crippen MR) is 66.0 cm³/mol. The molecule has 2 atom stereocenters. The third-order valence-electron chi connectivity index (χ3n) is 4.32. The number of aromatic nitrogens is 2. The van der Waals surface area contributed by atoms with Gasteiger partial charge in [-0.25, -0.2) is 0 Å². The lowest BCUT2D eigenvalue weighted by atomic mass is 9.96. The molecule has 4 nitrogen and oxygen atoms in total. The molecule has 2 bridgehead atoms. The van der Waals surface area contributed by atoms with Crippen LogP contribution in [0.4, 0.5) is 13.2 Å². The normalized spacial score (nSPS) is 24.5. The van der Waals surface area contributed by atoms with Crippen molar-refractivity contribution in [2.75, 3.05) is 0 Å². The lowest BCUT2D eigenvalue weighted by Crippen LogP contribution is -2.21. The van der Waals surface area contributed by atoms with Gasteiger partial charge in [-0.15, -0.1) is 0 Å². The SMILES string of the molecule is FC(F)(F)c1nocc1CN1C2CCC1c1ncccc12. The highest BCUT2D eigenvalue weighted by molar-refractivity contribution is 5.35. The van der Waals surface area contributed by atoms with Crippen molar-refractivity contribution in [1.29, 1.82) is 0 Å². The average Bonchev–Trinajstić information content (AvgIpc) is 3.13. The number of nitrogens with zero attached hydrogens (tertiary/aromatic N) is 3. The fraction of sp³-hybridized carbons (Fsp3) is 0.429. The van der Waals surface area contributed by atoms with E-state index in [1.165, 1.54) is 0 Å². The highest BCUT2D eigenvalue weighted by atomic mass is 19.4. The van der Waals surface area contributed by atoms with E-state index in [1.807, 2.05) is 12.1 Å². The van der Waals surface area contributed by atoms with Gasteiger partial charge in [0.1, 0.15) is 6.26 Å². The topological polar surface area (TPSA) is 42.2 Å². The van der Waals surface area contributed by atoms with Gasteiger partial charge in [0.05, 0.1) is 11.7 Å². The second kappa shape index (κ2) is 4.30. The second-order valence-electron chi connectivity index (χ2n) is 5.45. The van der Waals surface area contributed by atoms with E-state index in [0.717, 1.165) is 30.4 Å². The van der Waals surface area contributed by atoms with Crippen LogP contribution in [-0.4, -0.2) is 15.0 Å². The summed E-state index contributed by atoms with van der Waals surface area (Å²) in [5.74, 6) is 0. The Bertz CT molecular complexity index is 651. The molecule has 1 saturated heterocycles. The molecule has 2 aliphatic rings. The molecule has 0 aromatic carbocycles. The first-order valence-corrected chi connectivity index (χ1v) is 6.76. The van der Waals surface area contributed by atoms with E-state index < -0.39 is 11.9 Å².